The molecule has 1 aliphatic heterocycles. The molecule has 29 heavy (non-hydrogen) atoms. The second-order valence-corrected chi connectivity index (χ2v) is 8.15. The van der Waals surface area contributed by atoms with E-state index in [2.05, 4.69) is 15.1 Å². The number of fused-ring (bicyclic) bond motifs is 1. The molecule has 1 amide bonds. The fourth-order valence-corrected chi connectivity index (χ4v) is 4.00. The third kappa shape index (κ3) is 5.46. The number of hydrogen-bond donors (Lipinski definition) is 0. The number of carbonyl (C=O) groups is 2. The van der Waals surface area contributed by atoms with Crippen molar-refractivity contribution in [2.45, 2.75) is 63.9 Å². The highest BCUT2D eigenvalue weighted by atomic mass is 32.2. The van der Waals surface area contributed by atoms with Crippen molar-refractivity contribution < 1.29 is 14.3 Å². The topological polar surface area (TPSA) is 89.7 Å². The largest absolute Gasteiger partial charge is 0.456 e. The van der Waals surface area contributed by atoms with Gasteiger partial charge in [0, 0.05) is 30.9 Å². The predicted molar refractivity (Wildman–Crippen MR) is 111 cm³/mol. The van der Waals surface area contributed by atoms with Crippen LogP contribution in [0.25, 0.3) is 5.78 Å². The zero-order valence-electron chi connectivity index (χ0n) is 17.4. The monoisotopic (exact) mass is 419 g/mol. The molecule has 1 fully saturated rings. The summed E-state index contributed by atoms with van der Waals surface area (Å²) in [5.41, 5.74) is 2.71. The van der Waals surface area contributed by atoms with Crippen LogP contribution < -0.4 is 0 Å². The van der Waals surface area contributed by atoms with Gasteiger partial charge in [0.25, 0.3) is 11.7 Å². The van der Waals surface area contributed by atoms with Crippen LogP contribution in [-0.4, -0.2) is 62.3 Å². The third-order valence-corrected chi connectivity index (χ3v) is 5.89. The van der Waals surface area contributed by atoms with Crippen molar-refractivity contribution in [1.82, 2.24) is 24.5 Å². The highest BCUT2D eigenvalue weighted by molar-refractivity contribution is 7.98. The maximum absolute atomic E-state index is 12.3. The van der Waals surface area contributed by atoms with Crippen molar-refractivity contribution in [2.24, 2.45) is 0 Å². The van der Waals surface area contributed by atoms with E-state index in [9.17, 15) is 9.59 Å². The van der Waals surface area contributed by atoms with Crippen LogP contribution >= 0.6 is 11.8 Å². The standard InChI is InChI=1S/C20H29N5O3S/c1-14-16(15(2)25-19(21-14)22-20(23-25)29-3)9-10-18(27)28-13-17(26)24-11-7-5-4-6-8-12-24/h4-13H2,1-3H3. The Bertz CT molecular complexity index is 875. The molecule has 0 saturated carbocycles. The van der Waals surface area contributed by atoms with Crippen molar-refractivity contribution in [3.05, 3.63) is 17.0 Å². The molecule has 0 aromatic carbocycles. The summed E-state index contributed by atoms with van der Waals surface area (Å²) in [5, 5.41) is 5.09. The van der Waals surface area contributed by atoms with Crippen LogP contribution in [0.2, 0.25) is 0 Å². The number of rotatable bonds is 6. The van der Waals surface area contributed by atoms with Gasteiger partial charge in [0.1, 0.15) is 0 Å². The van der Waals surface area contributed by atoms with E-state index in [0.717, 1.165) is 55.7 Å². The average molecular weight is 420 g/mol. The summed E-state index contributed by atoms with van der Waals surface area (Å²) in [6.45, 7) is 5.21. The molecule has 9 heteroatoms. The smallest absolute Gasteiger partial charge is 0.306 e. The molecule has 0 spiro atoms. The Hall–Kier alpha value is -2.16. The van der Waals surface area contributed by atoms with Gasteiger partial charge in [-0.2, -0.15) is 4.98 Å². The summed E-state index contributed by atoms with van der Waals surface area (Å²) in [4.78, 5) is 35.2. The lowest BCUT2D eigenvalue weighted by Crippen LogP contribution is -2.37. The van der Waals surface area contributed by atoms with Gasteiger partial charge in [0.15, 0.2) is 6.61 Å². The van der Waals surface area contributed by atoms with Crippen molar-refractivity contribution >= 4 is 29.4 Å². The van der Waals surface area contributed by atoms with Crippen LogP contribution in [0.3, 0.4) is 0 Å². The third-order valence-electron chi connectivity index (χ3n) is 5.36. The second kappa shape index (κ2) is 10.0. The Morgan fingerprint density at radius 1 is 1.07 bits per heavy atom. The summed E-state index contributed by atoms with van der Waals surface area (Å²) in [5.74, 6) is 0.102. The minimum absolute atomic E-state index is 0.0945. The molecule has 8 nitrogen and oxygen atoms in total. The van der Waals surface area contributed by atoms with E-state index < -0.39 is 0 Å². The highest BCUT2D eigenvalue weighted by Crippen LogP contribution is 2.18. The summed E-state index contributed by atoms with van der Waals surface area (Å²) < 4.78 is 6.96. The second-order valence-electron chi connectivity index (χ2n) is 7.38. The molecule has 0 N–H and O–H groups in total. The molecule has 0 aliphatic carbocycles. The molecule has 0 atom stereocenters. The van der Waals surface area contributed by atoms with Gasteiger partial charge in [0.05, 0.1) is 0 Å². The van der Waals surface area contributed by atoms with Crippen molar-refractivity contribution in [1.29, 1.82) is 0 Å². The molecule has 158 valence electrons. The van der Waals surface area contributed by atoms with Crippen LogP contribution in [0.4, 0.5) is 0 Å². The number of aromatic nitrogens is 4. The molecule has 3 rings (SSSR count). The maximum atomic E-state index is 12.3. The van der Waals surface area contributed by atoms with Gasteiger partial charge < -0.3 is 9.64 Å². The number of aryl methyl sites for hydroxylation is 2. The van der Waals surface area contributed by atoms with Gasteiger partial charge in [-0.3, -0.25) is 9.59 Å². The number of likely N-dealkylation sites (tertiary alicyclic amines) is 1. The molecular formula is C20H29N5O3S. The number of amides is 1. The molecule has 0 unspecified atom stereocenters. The predicted octanol–water partition coefficient (Wildman–Crippen LogP) is 2.73. The number of nitrogens with zero attached hydrogens (tertiary/aromatic N) is 5. The summed E-state index contributed by atoms with van der Waals surface area (Å²) >= 11 is 1.46. The molecule has 2 aromatic heterocycles. The Balaban J connectivity index is 1.54. The molecule has 1 saturated heterocycles. The Morgan fingerprint density at radius 2 is 1.76 bits per heavy atom. The van der Waals surface area contributed by atoms with E-state index >= 15 is 0 Å². The zero-order chi connectivity index (χ0) is 20.8. The van der Waals surface area contributed by atoms with Gasteiger partial charge in [-0.15, -0.1) is 5.10 Å². The summed E-state index contributed by atoms with van der Waals surface area (Å²) in [7, 11) is 0. The lowest BCUT2D eigenvalue weighted by Gasteiger charge is -2.24. The van der Waals surface area contributed by atoms with Crippen LogP contribution in [0.15, 0.2) is 5.16 Å². The van der Waals surface area contributed by atoms with Crippen molar-refractivity contribution in [3.8, 4) is 0 Å². The Labute approximate surface area is 175 Å². The Morgan fingerprint density at radius 3 is 2.45 bits per heavy atom. The van der Waals surface area contributed by atoms with Crippen LogP contribution in [-0.2, 0) is 20.7 Å². The molecule has 0 radical (unpaired) electrons. The molecule has 2 aromatic rings. The van der Waals surface area contributed by atoms with Gasteiger partial charge in [-0.25, -0.2) is 9.50 Å². The SMILES string of the molecule is CSc1nc2nc(C)c(CCC(=O)OCC(=O)N3CCCCCCC3)c(C)n2n1. The summed E-state index contributed by atoms with van der Waals surface area (Å²) in [6.07, 6.45) is 8.21. The first kappa shape index (κ1) is 21.5. The van der Waals surface area contributed by atoms with Crippen LogP contribution in [0.1, 0.15) is 55.5 Å². The number of ether oxygens (including phenoxy) is 1. The normalized spacial score (nSPS) is 15.2. The molecule has 1 aliphatic rings. The van der Waals surface area contributed by atoms with E-state index in [1.165, 1.54) is 18.2 Å². The lowest BCUT2D eigenvalue weighted by atomic mass is 10.1. The quantitative estimate of drug-likeness (QED) is 0.525. The number of hydrogen-bond acceptors (Lipinski definition) is 7. The first-order valence-corrected chi connectivity index (χ1v) is 11.4. The molecule has 0 bridgehead atoms. The van der Waals surface area contributed by atoms with E-state index in [1.54, 1.807) is 4.52 Å². The fourth-order valence-electron chi connectivity index (χ4n) is 3.67. The average Bonchev–Trinajstić information content (AvgIpc) is 3.09. The summed E-state index contributed by atoms with van der Waals surface area (Å²) in [6, 6.07) is 0. The van der Waals surface area contributed by atoms with Crippen LogP contribution in [0, 0.1) is 13.8 Å². The molecule has 3 heterocycles. The van der Waals surface area contributed by atoms with E-state index in [0.29, 0.717) is 17.4 Å². The Kier molecular flexibility index (Phi) is 7.46. The van der Waals surface area contributed by atoms with Crippen LogP contribution in [0.5, 0.6) is 0 Å². The van der Waals surface area contributed by atoms with Crippen molar-refractivity contribution in [3.63, 3.8) is 0 Å². The highest BCUT2D eigenvalue weighted by Gasteiger charge is 2.18. The van der Waals surface area contributed by atoms with Gasteiger partial charge in [-0.1, -0.05) is 31.0 Å². The molecular weight excluding hydrogens is 390 g/mol. The van der Waals surface area contributed by atoms with Gasteiger partial charge in [-0.05, 0) is 44.9 Å². The first-order chi connectivity index (χ1) is 14.0. The van der Waals surface area contributed by atoms with Gasteiger partial charge >= 0.3 is 5.97 Å². The first-order valence-electron chi connectivity index (χ1n) is 10.2. The van der Waals surface area contributed by atoms with Gasteiger partial charge in [0.2, 0.25) is 5.16 Å². The fraction of sp³-hybridized carbons (Fsp3) is 0.650. The number of thioether (sulfide) groups is 1. The number of esters is 1. The lowest BCUT2D eigenvalue weighted by molar-refractivity contribution is -0.152. The van der Waals surface area contributed by atoms with E-state index in [4.69, 9.17) is 4.74 Å². The van der Waals surface area contributed by atoms with E-state index in [1.807, 2.05) is 25.0 Å². The number of carbonyl (C=O) groups excluding carboxylic acids is 2. The zero-order valence-corrected chi connectivity index (χ0v) is 18.3. The maximum Gasteiger partial charge on any atom is 0.306 e. The minimum atomic E-state index is -0.368. The van der Waals surface area contributed by atoms with E-state index in [-0.39, 0.29) is 24.9 Å². The van der Waals surface area contributed by atoms with Crippen molar-refractivity contribution in [2.75, 3.05) is 26.0 Å². The minimum Gasteiger partial charge on any atom is -0.456 e.